The Bertz CT molecular complexity index is 1070. The van der Waals surface area contributed by atoms with E-state index in [2.05, 4.69) is 0 Å². The summed E-state index contributed by atoms with van der Waals surface area (Å²) < 4.78 is 15.7. The zero-order chi connectivity index (χ0) is 23.5. The molecule has 2 heterocycles. The van der Waals surface area contributed by atoms with Gasteiger partial charge in [0.2, 0.25) is 6.79 Å². The van der Waals surface area contributed by atoms with Crippen LogP contribution >= 0.6 is 11.6 Å². The Kier molecular flexibility index (Phi) is 6.66. The SMILES string of the molecule is CCOC(=O)C(c1ccc(Cl)cc1)N1CCN(C(=O)c2cc3c(cc2[N+](=O)[O-])OCO3)CC1. The Morgan fingerprint density at radius 1 is 1.12 bits per heavy atom. The lowest BCUT2D eigenvalue weighted by Gasteiger charge is -2.38. The highest BCUT2D eigenvalue weighted by atomic mass is 35.5. The average Bonchev–Trinajstić information content (AvgIpc) is 3.27. The number of nitrogens with zero attached hydrogens (tertiary/aromatic N) is 3. The van der Waals surface area contributed by atoms with Crippen LogP contribution in [0.3, 0.4) is 0 Å². The van der Waals surface area contributed by atoms with Gasteiger partial charge in [0.1, 0.15) is 11.6 Å². The number of amides is 1. The molecule has 0 aromatic heterocycles. The molecule has 1 saturated heterocycles. The van der Waals surface area contributed by atoms with Crippen molar-refractivity contribution in [3.05, 3.63) is 62.7 Å². The largest absolute Gasteiger partial charge is 0.465 e. The summed E-state index contributed by atoms with van der Waals surface area (Å²) in [5.74, 6) is -0.319. The third-order valence-electron chi connectivity index (χ3n) is 5.58. The first kappa shape index (κ1) is 22.8. The predicted octanol–water partition coefficient (Wildman–Crippen LogP) is 3.04. The molecule has 2 aromatic rings. The second-order valence-electron chi connectivity index (χ2n) is 7.51. The number of ether oxygens (including phenoxy) is 3. The summed E-state index contributed by atoms with van der Waals surface area (Å²) in [6.45, 7) is 3.28. The van der Waals surface area contributed by atoms with Gasteiger partial charge in [0.15, 0.2) is 11.5 Å². The van der Waals surface area contributed by atoms with E-state index in [1.807, 2.05) is 4.90 Å². The maximum absolute atomic E-state index is 13.1. The molecule has 2 aliphatic heterocycles. The first-order chi connectivity index (χ1) is 15.9. The highest BCUT2D eigenvalue weighted by molar-refractivity contribution is 6.30. The molecule has 2 aliphatic rings. The number of esters is 1. The van der Waals surface area contributed by atoms with Gasteiger partial charge < -0.3 is 19.1 Å². The normalized spacial score (nSPS) is 16.4. The molecule has 2 aromatic carbocycles. The lowest BCUT2D eigenvalue weighted by molar-refractivity contribution is -0.385. The fraction of sp³-hybridized carbons (Fsp3) is 0.364. The molecule has 0 aliphatic carbocycles. The summed E-state index contributed by atoms with van der Waals surface area (Å²) in [6, 6.07) is 8.89. The van der Waals surface area contributed by atoms with Gasteiger partial charge in [0, 0.05) is 37.3 Å². The third-order valence-corrected chi connectivity index (χ3v) is 5.83. The van der Waals surface area contributed by atoms with E-state index in [1.165, 1.54) is 17.0 Å². The summed E-state index contributed by atoms with van der Waals surface area (Å²) >= 11 is 5.99. The number of carbonyl (C=O) groups is 2. The number of hydrogen-bond donors (Lipinski definition) is 0. The zero-order valence-corrected chi connectivity index (χ0v) is 18.6. The number of piperazine rings is 1. The van der Waals surface area contributed by atoms with Crippen LogP contribution in [0.2, 0.25) is 5.02 Å². The predicted molar refractivity (Wildman–Crippen MR) is 118 cm³/mol. The maximum Gasteiger partial charge on any atom is 0.328 e. The molecule has 4 rings (SSSR count). The molecule has 10 nitrogen and oxygen atoms in total. The van der Waals surface area contributed by atoms with Crippen LogP contribution in [-0.4, -0.2) is 66.2 Å². The first-order valence-corrected chi connectivity index (χ1v) is 10.8. The summed E-state index contributed by atoms with van der Waals surface area (Å²) in [5.41, 5.74) is 0.346. The standard InChI is InChI=1S/C22H22ClN3O7/c1-2-31-22(28)20(14-3-5-15(23)6-4-14)24-7-9-25(10-8-24)21(27)16-11-18-19(33-13-32-18)12-17(16)26(29)30/h3-6,11-12,20H,2,7-10,13H2,1H3. The molecule has 1 fully saturated rings. The molecule has 33 heavy (non-hydrogen) atoms. The number of nitro groups is 1. The van der Waals surface area contributed by atoms with Gasteiger partial charge in [-0.2, -0.15) is 0 Å². The highest BCUT2D eigenvalue weighted by Crippen LogP contribution is 2.38. The van der Waals surface area contributed by atoms with Crippen molar-refractivity contribution in [2.75, 3.05) is 39.6 Å². The number of carbonyl (C=O) groups excluding carboxylic acids is 2. The molecule has 1 amide bonds. The second-order valence-corrected chi connectivity index (χ2v) is 7.95. The summed E-state index contributed by atoms with van der Waals surface area (Å²) in [7, 11) is 0. The van der Waals surface area contributed by atoms with Crippen LogP contribution in [0.5, 0.6) is 11.5 Å². The molecule has 0 spiro atoms. The minimum atomic E-state index is -0.639. The Balaban J connectivity index is 1.52. The van der Waals surface area contributed by atoms with E-state index in [9.17, 15) is 19.7 Å². The van der Waals surface area contributed by atoms with E-state index < -0.39 is 16.9 Å². The van der Waals surface area contributed by atoms with E-state index >= 15 is 0 Å². The number of nitro benzene ring substituents is 1. The molecule has 0 N–H and O–H groups in total. The van der Waals surface area contributed by atoms with Gasteiger partial charge in [-0.05, 0) is 24.6 Å². The van der Waals surface area contributed by atoms with Crippen molar-refractivity contribution in [1.82, 2.24) is 9.80 Å². The number of benzene rings is 2. The van der Waals surface area contributed by atoms with Crippen LogP contribution in [-0.2, 0) is 9.53 Å². The molecular formula is C22H22ClN3O7. The van der Waals surface area contributed by atoms with Crippen molar-refractivity contribution in [1.29, 1.82) is 0 Å². The number of fused-ring (bicyclic) bond motifs is 1. The van der Waals surface area contributed by atoms with E-state index in [4.69, 9.17) is 25.8 Å². The maximum atomic E-state index is 13.1. The van der Waals surface area contributed by atoms with E-state index in [-0.39, 0.29) is 49.5 Å². The van der Waals surface area contributed by atoms with Crippen LogP contribution in [0.4, 0.5) is 5.69 Å². The third kappa shape index (κ3) is 4.71. The van der Waals surface area contributed by atoms with Crippen LogP contribution in [0.25, 0.3) is 0 Å². The van der Waals surface area contributed by atoms with Crippen molar-refractivity contribution < 1.29 is 28.7 Å². The summed E-state index contributed by atoms with van der Waals surface area (Å²) in [6.07, 6.45) is 0. The number of hydrogen-bond acceptors (Lipinski definition) is 8. The average molecular weight is 476 g/mol. The second kappa shape index (κ2) is 9.63. The van der Waals surface area contributed by atoms with Gasteiger partial charge in [-0.15, -0.1) is 0 Å². The lowest BCUT2D eigenvalue weighted by Crippen LogP contribution is -2.51. The van der Waals surface area contributed by atoms with Gasteiger partial charge in [-0.25, -0.2) is 4.79 Å². The fourth-order valence-corrected chi connectivity index (χ4v) is 4.10. The molecule has 1 unspecified atom stereocenters. The van der Waals surface area contributed by atoms with Gasteiger partial charge in [0.25, 0.3) is 11.6 Å². The molecule has 174 valence electrons. The zero-order valence-electron chi connectivity index (χ0n) is 17.9. The summed E-state index contributed by atoms with van der Waals surface area (Å²) in [4.78, 5) is 40.3. The lowest BCUT2D eigenvalue weighted by atomic mass is 10.0. The molecule has 11 heteroatoms. The summed E-state index contributed by atoms with van der Waals surface area (Å²) in [5, 5.41) is 12.1. The Labute approximate surface area is 194 Å². The molecular weight excluding hydrogens is 454 g/mol. The Hall–Kier alpha value is -3.37. The van der Waals surface area contributed by atoms with Crippen molar-refractivity contribution in [2.24, 2.45) is 0 Å². The van der Waals surface area contributed by atoms with Crippen LogP contribution in [0.15, 0.2) is 36.4 Å². The molecule has 0 saturated carbocycles. The van der Waals surface area contributed by atoms with Crippen molar-refractivity contribution in [2.45, 2.75) is 13.0 Å². The Morgan fingerprint density at radius 3 is 2.36 bits per heavy atom. The smallest absolute Gasteiger partial charge is 0.328 e. The van der Waals surface area contributed by atoms with Crippen LogP contribution in [0, 0.1) is 10.1 Å². The fourth-order valence-electron chi connectivity index (χ4n) is 3.97. The highest BCUT2D eigenvalue weighted by Gasteiger charge is 2.35. The van der Waals surface area contributed by atoms with Gasteiger partial charge in [-0.1, -0.05) is 23.7 Å². The quantitative estimate of drug-likeness (QED) is 0.356. The number of halogens is 1. The van der Waals surface area contributed by atoms with Gasteiger partial charge >= 0.3 is 5.97 Å². The molecule has 0 radical (unpaired) electrons. The van der Waals surface area contributed by atoms with Gasteiger partial charge in [-0.3, -0.25) is 19.8 Å². The van der Waals surface area contributed by atoms with Crippen molar-refractivity contribution >= 4 is 29.2 Å². The monoisotopic (exact) mass is 475 g/mol. The van der Waals surface area contributed by atoms with Gasteiger partial charge in [0.05, 0.1) is 17.6 Å². The number of rotatable bonds is 6. The van der Waals surface area contributed by atoms with Crippen LogP contribution < -0.4 is 9.47 Å². The molecule has 0 bridgehead atoms. The van der Waals surface area contributed by atoms with E-state index in [0.29, 0.717) is 23.9 Å². The van der Waals surface area contributed by atoms with E-state index in [0.717, 1.165) is 5.56 Å². The van der Waals surface area contributed by atoms with Crippen molar-refractivity contribution in [3.8, 4) is 11.5 Å². The molecule has 1 atom stereocenters. The minimum Gasteiger partial charge on any atom is -0.465 e. The Morgan fingerprint density at radius 2 is 1.76 bits per heavy atom. The van der Waals surface area contributed by atoms with Crippen molar-refractivity contribution in [3.63, 3.8) is 0 Å². The van der Waals surface area contributed by atoms with E-state index in [1.54, 1.807) is 31.2 Å². The topological polar surface area (TPSA) is 111 Å². The first-order valence-electron chi connectivity index (χ1n) is 10.4. The van der Waals surface area contributed by atoms with Crippen LogP contribution in [0.1, 0.15) is 28.9 Å². The minimum absolute atomic E-state index is 0.0528.